The molecule has 0 amide bonds. The Labute approximate surface area is 109 Å². The summed E-state index contributed by atoms with van der Waals surface area (Å²) < 4.78 is 5.67. The maximum Gasteiger partial charge on any atom is 0.0518 e. The SMILES string of the molecule is CCCC1CCC(Br)C(CCOC(C)C)C1. The number of halogens is 1. The minimum atomic E-state index is 0.379. The quantitative estimate of drug-likeness (QED) is 0.640. The summed E-state index contributed by atoms with van der Waals surface area (Å²) in [4.78, 5) is 0.733. The lowest BCUT2D eigenvalue weighted by atomic mass is 9.78. The summed E-state index contributed by atoms with van der Waals surface area (Å²) in [6.07, 6.45) is 8.56. The Bertz CT molecular complexity index is 182. The van der Waals surface area contributed by atoms with Crippen LogP contribution in [0.4, 0.5) is 0 Å². The average Bonchev–Trinajstić information content (AvgIpc) is 2.22. The minimum absolute atomic E-state index is 0.379. The van der Waals surface area contributed by atoms with Crippen molar-refractivity contribution in [1.29, 1.82) is 0 Å². The van der Waals surface area contributed by atoms with Gasteiger partial charge in [-0.05, 0) is 51.4 Å². The van der Waals surface area contributed by atoms with Crippen LogP contribution in [0.2, 0.25) is 0 Å². The van der Waals surface area contributed by atoms with Crippen molar-refractivity contribution in [3.8, 4) is 0 Å². The molecule has 1 aliphatic carbocycles. The van der Waals surface area contributed by atoms with Gasteiger partial charge in [-0.15, -0.1) is 0 Å². The van der Waals surface area contributed by atoms with E-state index in [2.05, 4.69) is 36.7 Å². The molecular formula is C14H27BrO. The first-order chi connectivity index (χ1) is 7.63. The molecule has 0 N–H and O–H groups in total. The van der Waals surface area contributed by atoms with Crippen molar-refractivity contribution in [2.75, 3.05) is 6.61 Å². The molecule has 1 fully saturated rings. The van der Waals surface area contributed by atoms with E-state index in [-0.39, 0.29) is 0 Å². The molecule has 1 saturated carbocycles. The highest BCUT2D eigenvalue weighted by Gasteiger charge is 2.27. The highest BCUT2D eigenvalue weighted by atomic mass is 79.9. The van der Waals surface area contributed by atoms with Crippen LogP contribution >= 0.6 is 15.9 Å². The molecule has 0 spiro atoms. The monoisotopic (exact) mass is 290 g/mol. The molecule has 0 aliphatic heterocycles. The van der Waals surface area contributed by atoms with Crippen molar-refractivity contribution in [3.05, 3.63) is 0 Å². The van der Waals surface area contributed by atoms with E-state index in [0.717, 1.165) is 23.3 Å². The van der Waals surface area contributed by atoms with Gasteiger partial charge in [0, 0.05) is 11.4 Å². The molecule has 0 aromatic heterocycles. The van der Waals surface area contributed by atoms with Crippen LogP contribution in [0.15, 0.2) is 0 Å². The van der Waals surface area contributed by atoms with Crippen molar-refractivity contribution < 1.29 is 4.74 Å². The minimum Gasteiger partial charge on any atom is -0.379 e. The topological polar surface area (TPSA) is 9.23 Å². The standard InChI is InChI=1S/C14H27BrO/c1-4-5-12-6-7-14(15)13(10-12)8-9-16-11(2)3/h11-14H,4-10H2,1-3H3. The smallest absolute Gasteiger partial charge is 0.0518 e. The zero-order chi connectivity index (χ0) is 12.0. The maximum absolute atomic E-state index is 5.67. The molecule has 3 atom stereocenters. The molecule has 0 radical (unpaired) electrons. The molecule has 1 rings (SSSR count). The fourth-order valence-electron chi connectivity index (χ4n) is 2.75. The molecule has 0 aromatic carbocycles. The zero-order valence-electron chi connectivity index (χ0n) is 11.0. The summed E-state index contributed by atoms with van der Waals surface area (Å²) in [5.41, 5.74) is 0. The van der Waals surface area contributed by atoms with Gasteiger partial charge in [0.25, 0.3) is 0 Å². The molecule has 2 heteroatoms. The third-order valence-corrected chi connectivity index (χ3v) is 4.84. The summed E-state index contributed by atoms with van der Waals surface area (Å²) in [7, 11) is 0. The Morgan fingerprint density at radius 3 is 2.62 bits per heavy atom. The summed E-state index contributed by atoms with van der Waals surface area (Å²) in [5.74, 6) is 1.81. The van der Waals surface area contributed by atoms with Crippen molar-refractivity contribution in [3.63, 3.8) is 0 Å². The van der Waals surface area contributed by atoms with Gasteiger partial charge in [0.15, 0.2) is 0 Å². The van der Waals surface area contributed by atoms with Crippen LogP contribution in [0.1, 0.15) is 59.3 Å². The van der Waals surface area contributed by atoms with Gasteiger partial charge in [0.2, 0.25) is 0 Å². The summed E-state index contributed by atoms with van der Waals surface area (Å²) >= 11 is 3.84. The largest absolute Gasteiger partial charge is 0.379 e. The predicted octanol–water partition coefficient (Wildman–Crippen LogP) is 4.78. The first-order valence-electron chi connectivity index (χ1n) is 6.89. The summed E-state index contributed by atoms with van der Waals surface area (Å²) in [6.45, 7) is 7.47. The van der Waals surface area contributed by atoms with E-state index in [4.69, 9.17) is 4.74 Å². The van der Waals surface area contributed by atoms with E-state index in [1.54, 1.807) is 0 Å². The van der Waals surface area contributed by atoms with Gasteiger partial charge in [-0.25, -0.2) is 0 Å². The van der Waals surface area contributed by atoms with Crippen LogP contribution in [-0.4, -0.2) is 17.5 Å². The van der Waals surface area contributed by atoms with Crippen LogP contribution in [0.25, 0.3) is 0 Å². The van der Waals surface area contributed by atoms with Crippen molar-refractivity contribution in [2.24, 2.45) is 11.8 Å². The van der Waals surface area contributed by atoms with E-state index >= 15 is 0 Å². The fourth-order valence-corrected chi connectivity index (χ4v) is 3.49. The van der Waals surface area contributed by atoms with Crippen molar-refractivity contribution in [2.45, 2.75) is 70.2 Å². The lowest BCUT2D eigenvalue weighted by Gasteiger charge is -2.33. The van der Waals surface area contributed by atoms with Gasteiger partial charge in [-0.2, -0.15) is 0 Å². The number of hydrogen-bond donors (Lipinski definition) is 0. The Morgan fingerprint density at radius 2 is 2.00 bits per heavy atom. The molecule has 16 heavy (non-hydrogen) atoms. The van der Waals surface area contributed by atoms with E-state index in [9.17, 15) is 0 Å². The van der Waals surface area contributed by atoms with E-state index in [1.807, 2.05) is 0 Å². The highest BCUT2D eigenvalue weighted by molar-refractivity contribution is 9.09. The van der Waals surface area contributed by atoms with Gasteiger partial charge in [0.05, 0.1) is 6.10 Å². The van der Waals surface area contributed by atoms with Crippen LogP contribution in [0, 0.1) is 11.8 Å². The van der Waals surface area contributed by atoms with E-state index < -0.39 is 0 Å². The molecule has 0 saturated heterocycles. The number of ether oxygens (including phenoxy) is 1. The first kappa shape index (κ1) is 14.5. The molecule has 0 aromatic rings. The number of rotatable bonds is 6. The average molecular weight is 291 g/mol. The van der Waals surface area contributed by atoms with Gasteiger partial charge in [0.1, 0.15) is 0 Å². The lowest BCUT2D eigenvalue weighted by molar-refractivity contribution is 0.0625. The zero-order valence-corrected chi connectivity index (χ0v) is 12.6. The predicted molar refractivity (Wildman–Crippen MR) is 74.2 cm³/mol. The van der Waals surface area contributed by atoms with Crippen molar-refractivity contribution >= 4 is 15.9 Å². The molecule has 0 heterocycles. The summed E-state index contributed by atoms with van der Waals surface area (Å²) in [5, 5.41) is 0. The van der Waals surface area contributed by atoms with Gasteiger partial charge in [-0.1, -0.05) is 35.7 Å². The Kier molecular flexibility index (Phi) is 6.98. The maximum atomic E-state index is 5.67. The second kappa shape index (κ2) is 7.71. The molecule has 1 nitrogen and oxygen atoms in total. The van der Waals surface area contributed by atoms with Gasteiger partial charge in [-0.3, -0.25) is 0 Å². The van der Waals surface area contributed by atoms with Crippen LogP contribution < -0.4 is 0 Å². The molecule has 96 valence electrons. The molecule has 3 unspecified atom stereocenters. The van der Waals surface area contributed by atoms with Crippen LogP contribution in [0.3, 0.4) is 0 Å². The second-order valence-corrected chi connectivity index (χ2v) is 6.63. The second-order valence-electron chi connectivity index (χ2n) is 5.45. The van der Waals surface area contributed by atoms with E-state index in [0.29, 0.717) is 6.10 Å². The van der Waals surface area contributed by atoms with Crippen molar-refractivity contribution in [1.82, 2.24) is 0 Å². The Morgan fingerprint density at radius 1 is 1.25 bits per heavy atom. The normalized spacial score (nSPS) is 30.9. The van der Waals surface area contributed by atoms with Gasteiger partial charge >= 0.3 is 0 Å². The first-order valence-corrected chi connectivity index (χ1v) is 7.80. The summed E-state index contributed by atoms with van der Waals surface area (Å²) in [6, 6.07) is 0. The van der Waals surface area contributed by atoms with Crippen LogP contribution in [0.5, 0.6) is 0 Å². The Balaban J connectivity index is 2.26. The number of alkyl halides is 1. The highest BCUT2D eigenvalue weighted by Crippen LogP contribution is 2.37. The third-order valence-electron chi connectivity index (χ3n) is 3.64. The van der Waals surface area contributed by atoms with Crippen LogP contribution in [-0.2, 0) is 4.74 Å². The lowest BCUT2D eigenvalue weighted by Crippen LogP contribution is -2.26. The molecule has 1 aliphatic rings. The fraction of sp³-hybridized carbons (Fsp3) is 1.00. The van der Waals surface area contributed by atoms with Gasteiger partial charge < -0.3 is 4.74 Å². The Hall–Kier alpha value is 0.440. The molecule has 0 bridgehead atoms. The number of hydrogen-bond acceptors (Lipinski definition) is 1. The third kappa shape index (κ3) is 5.18. The van der Waals surface area contributed by atoms with E-state index in [1.165, 1.54) is 38.5 Å². The molecular weight excluding hydrogens is 264 g/mol.